The van der Waals surface area contributed by atoms with Crippen LogP contribution in [-0.4, -0.2) is 54.3 Å². The average Bonchev–Trinajstić information content (AvgIpc) is 3.10. The SMILES string of the molecule is CC(C)(C)OC(=O)N1CC(S(=O)(=O)c2ccccc2Cl)CC1C(=O)NC1(C#N)CCC1. The van der Waals surface area contributed by atoms with Crippen LogP contribution in [0.2, 0.25) is 5.02 Å². The topological polar surface area (TPSA) is 117 Å². The van der Waals surface area contributed by atoms with Crippen molar-refractivity contribution in [3.8, 4) is 6.07 Å². The number of carbonyl (C=O) groups is 2. The molecule has 1 aromatic carbocycles. The van der Waals surface area contributed by atoms with Gasteiger partial charge in [-0.05, 0) is 58.6 Å². The third kappa shape index (κ3) is 4.80. The first-order chi connectivity index (χ1) is 14.4. The second-order valence-electron chi connectivity index (χ2n) is 9.02. The highest BCUT2D eigenvalue weighted by atomic mass is 35.5. The Morgan fingerprint density at radius 1 is 1.29 bits per heavy atom. The molecule has 1 saturated carbocycles. The summed E-state index contributed by atoms with van der Waals surface area (Å²) in [5.74, 6) is -0.552. The number of hydrogen-bond acceptors (Lipinski definition) is 6. The van der Waals surface area contributed by atoms with E-state index in [1.54, 1.807) is 32.9 Å². The van der Waals surface area contributed by atoms with E-state index in [0.717, 1.165) is 11.3 Å². The van der Waals surface area contributed by atoms with Crippen LogP contribution in [-0.2, 0) is 19.4 Å². The van der Waals surface area contributed by atoms with Crippen molar-refractivity contribution in [3.05, 3.63) is 29.3 Å². The largest absolute Gasteiger partial charge is 0.444 e. The van der Waals surface area contributed by atoms with Crippen LogP contribution >= 0.6 is 11.6 Å². The number of likely N-dealkylation sites (tertiary alicyclic amines) is 1. The molecule has 168 valence electrons. The number of halogens is 1. The van der Waals surface area contributed by atoms with E-state index in [1.165, 1.54) is 12.1 Å². The predicted molar refractivity (Wildman–Crippen MR) is 114 cm³/mol. The van der Waals surface area contributed by atoms with E-state index in [0.29, 0.717) is 12.8 Å². The molecule has 1 aromatic rings. The summed E-state index contributed by atoms with van der Waals surface area (Å²) in [4.78, 5) is 26.9. The van der Waals surface area contributed by atoms with Crippen molar-refractivity contribution < 1.29 is 22.7 Å². The van der Waals surface area contributed by atoms with Crippen LogP contribution in [0.3, 0.4) is 0 Å². The van der Waals surface area contributed by atoms with Gasteiger partial charge in [0.15, 0.2) is 9.84 Å². The number of nitrogens with one attached hydrogen (secondary N) is 1. The van der Waals surface area contributed by atoms with Gasteiger partial charge in [-0.2, -0.15) is 5.26 Å². The zero-order valence-electron chi connectivity index (χ0n) is 17.7. The number of hydrogen-bond donors (Lipinski definition) is 1. The molecule has 1 N–H and O–H groups in total. The summed E-state index contributed by atoms with van der Waals surface area (Å²) < 4.78 is 31.9. The smallest absolute Gasteiger partial charge is 0.411 e. The third-order valence-electron chi connectivity index (χ3n) is 5.56. The summed E-state index contributed by atoms with van der Waals surface area (Å²) in [5, 5.41) is 11.2. The van der Waals surface area contributed by atoms with Gasteiger partial charge < -0.3 is 10.1 Å². The Kier molecular flexibility index (Phi) is 6.27. The maximum Gasteiger partial charge on any atom is 0.411 e. The molecule has 1 saturated heterocycles. The minimum Gasteiger partial charge on any atom is -0.444 e. The zero-order valence-corrected chi connectivity index (χ0v) is 19.3. The van der Waals surface area contributed by atoms with Crippen LogP contribution in [0.1, 0.15) is 46.5 Å². The Labute approximate surface area is 187 Å². The molecule has 1 aliphatic carbocycles. The number of carbonyl (C=O) groups excluding carboxylic acids is 2. The van der Waals surface area contributed by atoms with Crippen molar-refractivity contribution >= 4 is 33.4 Å². The van der Waals surface area contributed by atoms with Gasteiger partial charge in [-0.15, -0.1) is 0 Å². The van der Waals surface area contributed by atoms with Crippen molar-refractivity contribution in [1.82, 2.24) is 10.2 Å². The molecule has 2 aliphatic rings. The lowest BCUT2D eigenvalue weighted by atomic mass is 9.78. The molecule has 8 nitrogen and oxygen atoms in total. The molecule has 3 rings (SSSR count). The molecule has 0 bridgehead atoms. The standard InChI is InChI=1S/C21H26ClN3O5S/c1-20(2,3)30-19(27)25-12-14(31(28,29)17-8-5-4-7-15(17)22)11-16(25)18(26)24-21(13-23)9-6-10-21/h4-5,7-8,14,16H,6,9-12H2,1-3H3,(H,24,26). The molecule has 1 aliphatic heterocycles. The first kappa shape index (κ1) is 23.4. The van der Waals surface area contributed by atoms with Gasteiger partial charge >= 0.3 is 6.09 Å². The molecular weight excluding hydrogens is 442 g/mol. The van der Waals surface area contributed by atoms with Crippen LogP contribution in [0.15, 0.2) is 29.2 Å². The monoisotopic (exact) mass is 467 g/mol. The first-order valence-electron chi connectivity index (χ1n) is 10.1. The highest BCUT2D eigenvalue weighted by Crippen LogP contribution is 2.35. The number of sulfone groups is 1. The van der Waals surface area contributed by atoms with Crippen LogP contribution < -0.4 is 5.32 Å². The lowest BCUT2D eigenvalue weighted by Crippen LogP contribution is -2.57. The highest BCUT2D eigenvalue weighted by molar-refractivity contribution is 7.92. The van der Waals surface area contributed by atoms with E-state index in [1.807, 2.05) is 0 Å². The normalized spacial score (nSPS) is 22.9. The quantitative estimate of drug-likeness (QED) is 0.727. The summed E-state index contributed by atoms with van der Waals surface area (Å²) in [5.41, 5.74) is -1.78. The Hall–Kier alpha value is -2.31. The summed E-state index contributed by atoms with van der Waals surface area (Å²) in [6.07, 6.45) is 0.979. The lowest BCUT2D eigenvalue weighted by molar-refractivity contribution is -0.127. The van der Waals surface area contributed by atoms with E-state index in [-0.39, 0.29) is 22.9 Å². The Balaban J connectivity index is 1.90. The minimum atomic E-state index is -3.91. The first-order valence-corrected chi connectivity index (χ1v) is 12.0. The number of ether oxygens (including phenoxy) is 1. The minimum absolute atomic E-state index is 0.0423. The van der Waals surface area contributed by atoms with Gasteiger partial charge in [0.05, 0.1) is 21.2 Å². The fraction of sp³-hybridized carbons (Fsp3) is 0.571. The van der Waals surface area contributed by atoms with Gasteiger partial charge in [0.2, 0.25) is 5.91 Å². The predicted octanol–water partition coefficient (Wildman–Crippen LogP) is 3.05. The fourth-order valence-corrected chi connectivity index (χ4v) is 5.98. The molecule has 0 radical (unpaired) electrons. The summed E-state index contributed by atoms with van der Waals surface area (Å²) in [7, 11) is -3.91. The second kappa shape index (κ2) is 8.32. The van der Waals surface area contributed by atoms with E-state index < -0.39 is 44.3 Å². The van der Waals surface area contributed by atoms with Crippen LogP contribution in [0.5, 0.6) is 0 Å². The van der Waals surface area contributed by atoms with Crippen LogP contribution in [0.25, 0.3) is 0 Å². The second-order valence-corrected chi connectivity index (χ2v) is 11.6. The maximum atomic E-state index is 13.2. The van der Waals surface area contributed by atoms with Crippen molar-refractivity contribution in [3.63, 3.8) is 0 Å². The van der Waals surface area contributed by atoms with Gasteiger partial charge in [-0.1, -0.05) is 23.7 Å². The van der Waals surface area contributed by atoms with Gasteiger partial charge in [-0.3, -0.25) is 9.69 Å². The molecule has 31 heavy (non-hydrogen) atoms. The molecule has 10 heteroatoms. The molecule has 1 heterocycles. The average molecular weight is 468 g/mol. The van der Waals surface area contributed by atoms with Crippen LogP contribution in [0, 0.1) is 11.3 Å². The van der Waals surface area contributed by atoms with E-state index in [2.05, 4.69) is 11.4 Å². The Morgan fingerprint density at radius 2 is 1.94 bits per heavy atom. The number of rotatable bonds is 4. The van der Waals surface area contributed by atoms with Crippen molar-refractivity contribution in [1.29, 1.82) is 5.26 Å². The van der Waals surface area contributed by atoms with Gasteiger partial charge in [0, 0.05) is 6.54 Å². The molecular formula is C21H26ClN3O5S. The molecule has 2 fully saturated rings. The Bertz CT molecular complexity index is 1020. The molecule has 0 aromatic heterocycles. The number of amides is 2. The van der Waals surface area contributed by atoms with Crippen molar-refractivity contribution in [2.45, 2.75) is 73.8 Å². The fourth-order valence-electron chi connectivity index (χ4n) is 3.76. The van der Waals surface area contributed by atoms with Gasteiger partial charge in [0.1, 0.15) is 17.2 Å². The molecule has 2 amide bonds. The van der Waals surface area contributed by atoms with Gasteiger partial charge in [-0.25, -0.2) is 13.2 Å². The number of benzene rings is 1. The van der Waals surface area contributed by atoms with Crippen LogP contribution in [0.4, 0.5) is 4.79 Å². The van der Waals surface area contributed by atoms with E-state index in [4.69, 9.17) is 16.3 Å². The molecule has 0 spiro atoms. The van der Waals surface area contributed by atoms with Gasteiger partial charge in [0.25, 0.3) is 0 Å². The summed E-state index contributed by atoms with van der Waals surface area (Å²) >= 11 is 6.10. The lowest BCUT2D eigenvalue weighted by Gasteiger charge is -2.37. The van der Waals surface area contributed by atoms with Crippen molar-refractivity contribution in [2.24, 2.45) is 0 Å². The maximum absolute atomic E-state index is 13.2. The Morgan fingerprint density at radius 3 is 2.45 bits per heavy atom. The van der Waals surface area contributed by atoms with Crippen molar-refractivity contribution in [2.75, 3.05) is 6.54 Å². The van der Waals surface area contributed by atoms with E-state index >= 15 is 0 Å². The van der Waals surface area contributed by atoms with E-state index in [9.17, 15) is 23.3 Å². The molecule has 2 unspecified atom stereocenters. The third-order valence-corrected chi connectivity index (χ3v) is 8.19. The highest BCUT2D eigenvalue weighted by Gasteiger charge is 2.49. The summed E-state index contributed by atoms with van der Waals surface area (Å²) in [6.45, 7) is 4.85. The zero-order chi connectivity index (χ0) is 23.0. The summed E-state index contributed by atoms with van der Waals surface area (Å²) in [6, 6.07) is 7.13. The number of nitriles is 1. The number of nitrogens with zero attached hydrogens (tertiary/aromatic N) is 2. The molecule has 2 atom stereocenters.